The van der Waals surface area contributed by atoms with Gasteiger partial charge in [-0.25, -0.2) is 0 Å². The van der Waals surface area contributed by atoms with E-state index in [-0.39, 0.29) is 6.61 Å². The molecule has 0 amide bonds. The summed E-state index contributed by atoms with van der Waals surface area (Å²) in [5.74, 6) is 0. The highest BCUT2D eigenvalue weighted by molar-refractivity contribution is 5.52. The Morgan fingerprint density at radius 1 is 1.53 bits per heavy atom. The number of pyridine rings is 1. The summed E-state index contributed by atoms with van der Waals surface area (Å²) in [5.41, 5.74) is 2.61. The number of hydrogen-bond acceptors (Lipinski definition) is 4. The van der Waals surface area contributed by atoms with E-state index < -0.39 is 6.10 Å². The summed E-state index contributed by atoms with van der Waals surface area (Å²) in [4.78, 5) is 6.04. The van der Waals surface area contributed by atoms with Crippen molar-refractivity contribution < 1.29 is 10.2 Å². The zero-order valence-electron chi connectivity index (χ0n) is 9.44. The number of rotatable bonds is 4. The van der Waals surface area contributed by atoms with Gasteiger partial charge >= 0.3 is 0 Å². The van der Waals surface area contributed by atoms with Crippen molar-refractivity contribution in [2.24, 2.45) is 0 Å². The Bertz CT molecular complexity index is 326. The van der Waals surface area contributed by atoms with Crippen LogP contribution in [0.1, 0.15) is 18.2 Å². The van der Waals surface area contributed by atoms with Crippen LogP contribution in [0.2, 0.25) is 0 Å². The molecule has 0 bridgehead atoms. The summed E-state index contributed by atoms with van der Waals surface area (Å²) in [5, 5.41) is 18.5. The normalized spacial score (nSPS) is 12.6. The molecule has 0 aliphatic carbocycles. The van der Waals surface area contributed by atoms with Crippen molar-refractivity contribution in [2.45, 2.75) is 26.6 Å². The summed E-state index contributed by atoms with van der Waals surface area (Å²) in [6.07, 6.45) is 1.28. The monoisotopic (exact) mass is 210 g/mol. The van der Waals surface area contributed by atoms with Gasteiger partial charge in [0.1, 0.15) is 0 Å². The molecule has 0 saturated heterocycles. The molecule has 2 N–H and O–H groups in total. The fourth-order valence-corrected chi connectivity index (χ4v) is 1.55. The quantitative estimate of drug-likeness (QED) is 0.768. The summed E-state index contributed by atoms with van der Waals surface area (Å²) >= 11 is 0. The number of aliphatic hydroxyl groups excluding tert-OH is 2. The summed E-state index contributed by atoms with van der Waals surface area (Å²) in [6, 6.07) is 1.91. The first kappa shape index (κ1) is 11.9. The van der Waals surface area contributed by atoms with Crippen molar-refractivity contribution in [2.75, 3.05) is 18.5 Å². The Hall–Kier alpha value is -1.13. The molecule has 0 aromatic carbocycles. The lowest BCUT2D eigenvalue weighted by Crippen LogP contribution is -2.27. The van der Waals surface area contributed by atoms with Crippen molar-refractivity contribution >= 4 is 5.69 Å². The predicted octanol–water partition coefficient (Wildman–Crippen LogP) is 0.699. The molecule has 15 heavy (non-hydrogen) atoms. The molecule has 4 heteroatoms. The average Bonchev–Trinajstić information content (AvgIpc) is 2.16. The second kappa shape index (κ2) is 5.09. The minimum Gasteiger partial charge on any atom is -0.392 e. The maximum Gasteiger partial charge on any atom is 0.0717 e. The third-order valence-corrected chi connectivity index (χ3v) is 2.22. The van der Waals surface area contributed by atoms with Gasteiger partial charge in [0.2, 0.25) is 0 Å². The van der Waals surface area contributed by atoms with E-state index in [0.717, 1.165) is 16.9 Å². The molecule has 1 aromatic rings. The Balaban J connectivity index is 2.94. The van der Waals surface area contributed by atoms with E-state index in [4.69, 9.17) is 5.11 Å². The molecule has 0 aliphatic rings. The average molecular weight is 210 g/mol. The van der Waals surface area contributed by atoms with Crippen LogP contribution in [0, 0.1) is 6.92 Å². The van der Waals surface area contributed by atoms with Gasteiger partial charge in [0.05, 0.1) is 12.7 Å². The van der Waals surface area contributed by atoms with Gasteiger partial charge in [0.15, 0.2) is 0 Å². The van der Waals surface area contributed by atoms with Crippen molar-refractivity contribution in [1.82, 2.24) is 4.98 Å². The largest absolute Gasteiger partial charge is 0.392 e. The van der Waals surface area contributed by atoms with Crippen LogP contribution in [-0.4, -0.2) is 34.9 Å². The van der Waals surface area contributed by atoms with Crippen LogP contribution < -0.4 is 4.90 Å². The number of anilines is 1. The fourth-order valence-electron chi connectivity index (χ4n) is 1.55. The minimum atomic E-state index is -0.394. The second-order valence-corrected chi connectivity index (χ2v) is 3.84. The maximum absolute atomic E-state index is 9.30. The number of hydrogen-bond donors (Lipinski definition) is 2. The number of aromatic nitrogens is 1. The molecule has 1 unspecified atom stereocenters. The highest BCUT2D eigenvalue weighted by Crippen LogP contribution is 2.19. The number of nitrogens with zero attached hydrogens (tertiary/aromatic N) is 2. The lowest BCUT2D eigenvalue weighted by molar-refractivity contribution is 0.201. The van der Waals surface area contributed by atoms with Crippen LogP contribution in [0.25, 0.3) is 0 Å². The molecule has 1 atom stereocenters. The van der Waals surface area contributed by atoms with Crippen molar-refractivity contribution in [3.05, 3.63) is 23.5 Å². The van der Waals surface area contributed by atoms with E-state index in [1.165, 1.54) is 0 Å². The van der Waals surface area contributed by atoms with Crippen LogP contribution in [0.15, 0.2) is 12.3 Å². The Morgan fingerprint density at radius 2 is 2.20 bits per heavy atom. The number of likely N-dealkylation sites (N-methyl/N-ethyl adjacent to an activating group) is 1. The molecule has 0 spiro atoms. The van der Waals surface area contributed by atoms with E-state index >= 15 is 0 Å². The molecule has 0 saturated carbocycles. The van der Waals surface area contributed by atoms with Crippen LogP contribution >= 0.6 is 0 Å². The van der Waals surface area contributed by atoms with E-state index in [2.05, 4.69) is 4.98 Å². The van der Waals surface area contributed by atoms with Gasteiger partial charge in [-0.1, -0.05) is 0 Å². The van der Waals surface area contributed by atoms with Crippen LogP contribution in [0.3, 0.4) is 0 Å². The van der Waals surface area contributed by atoms with Crippen LogP contribution in [0.5, 0.6) is 0 Å². The number of aliphatic hydroxyl groups is 2. The molecule has 84 valence electrons. The molecule has 1 heterocycles. The maximum atomic E-state index is 9.30. The minimum absolute atomic E-state index is 0.0350. The summed E-state index contributed by atoms with van der Waals surface area (Å²) in [6.45, 7) is 4.15. The van der Waals surface area contributed by atoms with Gasteiger partial charge < -0.3 is 15.1 Å². The van der Waals surface area contributed by atoms with Crippen molar-refractivity contribution in [1.29, 1.82) is 0 Å². The van der Waals surface area contributed by atoms with Gasteiger partial charge in [-0.05, 0) is 19.9 Å². The third kappa shape index (κ3) is 3.18. The summed E-state index contributed by atoms with van der Waals surface area (Å²) < 4.78 is 0. The Morgan fingerprint density at radius 3 is 2.73 bits per heavy atom. The van der Waals surface area contributed by atoms with Crippen LogP contribution in [-0.2, 0) is 6.61 Å². The summed E-state index contributed by atoms with van der Waals surface area (Å²) in [7, 11) is 1.89. The van der Waals surface area contributed by atoms with E-state index in [9.17, 15) is 5.11 Å². The van der Waals surface area contributed by atoms with Gasteiger partial charge in [-0.15, -0.1) is 0 Å². The first-order valence-electron chi connectivity index (χ1n) is 5.00. The van der Waals surface area contributed by atoms with Gasteiger partial charge in [0.25, 0.3) is 0 Å². The van der Waals surface area contributed by atoms with E-state index in [1.54, 1.807) is 13.1 Å². The molecule has 1 aromatic heterocycles. The smallest absolute Gasteiger partial charge is 0.0717 e. The zero-order chi connectivity index (χ0) is 11.4. The lowest BCUT2D eigenvalue weighted by Gasteiger charge is -2.23. The van der Waals surface area contributed by atoms with Crippen LogP contribution in [0.4, 0.5) is 5.69 Å². The van der Waals surface area contributed by atoms with Crippen molar-refractivity contribution in [3.8, 4) is 0 Å². The highest BCUT2D eigenvalue weighted by Gasteiger charge is 2.09. The highest BCUT2D eigenvalue weighted by atomic mass is 16.3. The molecular weight excluding hydrogens is 192 g/mol. The lowest BCUT2D eigenvalue weighted by atomic mass is 10.2. The Kier molecular flexibility index (Phi) is 4.05. The van der Waals surface area contributed by atoms with Gasteiger partial charge in [-0.2, -0.15) is 0 Å². The first-order chi connectivity index (χ1) is 7.04. The molecule has 1 rings (SSSR count). The third-order valence-electron chi connectivity index (χ3n) is 2.22. The second-order valence-electron chi connectivity index (χ2n) is 3.84. The topological polar surface area (TPSA) is 56.6 Å². The SMILES string of the molecule is Cc1cc(N(C)CC(C)O)c(CO)cn1. The number of aryl methyl sites for hydroxylation is 1. The van der Waals surface area contributed by atoms with E-state index in [1.807, 2.05) is 24.9 Å². The predicted molar refractivity (Wildman–Crippen MR) is 59.8 cm³/mol. The van der Waals surface area contributed by atoms with Gasteiger partial charge in [-0.3, -0.25) is 4.98 Å². The molecule has 0 fully saturated rings. The van der Waals surface area contributed by atoms with Gasteiger partial charge in [0, 0.05) is 36.7 Å². The molecule has 4 nitrogen and oxygen atoms in total. The molecule has 0 aliphatic heterocycles. The molecule has 0 radical (unpaired) electrons. The zero-order valence-corrected chi connectivity index (χ0v) is 9.44. The Labute approximate surface area is 90.2 Å². The van der Waals surface area contributed by atoms with E-state index in [0.29, 0.717) is 6.54 Å². The first-order valence-corrected chi connectivity index (χ1v) is 5.00. The molecular formula is C11H18N2O2. The fraction of sp³-hybridized carbons (Fsp3) is 0.545. The standard InChI is InChI=1S/C11H18N2O2/c1-8-4-11(10(7-14)5-12-8)13(3)6-9(2)15/h4-5,9,14-15H,6-7H2,1-3H3. The van der Waals surface area contributed by atoms with Crippen molar-refractivity contribution in [3.63, 3.8) is 0 Å².